The number of aryl methyl sites for hydroxylation is 1. The minimum Gasteiger partial charge on any atom is -0.347 e. The van der Waals surface area contributed by atoms with E-state index in [1.807, 2.05) is 32.3 Å². The number of hydrogen-bond donors (Lipinski definition) is 2. The average molecular weight is 239 g/mol. The van der Waals surface area contributed by atoms with Gasteiger partial charge in [0.25, 0.3) is 0 Å². The van der Waals surface area contributed by atoms with E-state index >= 15 is 0 Å². The Balaban J connectivity index is 2.54. The molecule has 0 aliphatic heterocycles. The van der Waals surface area contributed by atoms with Crippen LogP contribution in [0, 0.1) is 5.41 Å². The van der Waals surface area contributed by atoms with Gasteiger partial charge in [0.1, 0.15) is 6.33 Å². The lowest BCUT2D eigenvalue weighted by Crippen LogP contribution is -2.48. The Labute approximate surface area is 102 Å². The van der Waals surface area contributed by atoms with Crippen LogP contribution in [-0.2, 0) is 17.9 Å². The summed E-state index contributed by atoms with van der Waals surface area (Å²) in [5, 5.41) is 10.5. The van der Waals surface area contributed by atoms with Crippen molar-refractivity contribution < 1.29 is 4.79 Å². The second-order valence-electron chi connectivity index (χ2n) is 5.09. The molecule has 0 spiro atoms. The largest absolute Gasteiger partial charge is 0.347 e. The number of carbonyl (C=O) groups excluding carboxylic acids is 1. The maximum atomic E-state index is 11.8. The zero-order chi connectivity index (χ0) is 13.1. The van der Waals surface area contributed by atoms with E-state index < -0.39 is 6.04 Å². The van der Waals surface area contributed by atoms with E-state index in [1.54, 1.807) is 6.33 Å². The summed E-state index contributed by atoms with van der Waals surface area (Å²) < 4.78 is 1.88. The third-order valence-electron chi connectivity index (χ3n) is 2.67. The second kappa shape index (κ2) is 5.27. The van der Waals surface area contributed by atoms with Crippen molar-refractivity contribution in [2.75, 3.05) is 0 Å². The highest BCUT2D eigenvalue weighted by Gasteiger charge is 2.27. The van der Waals surface area contributed by atoms with Gasteiger partial charge in [-0.05, 0) is 12.3 Å². The van der Waals surface area contributed by atoms with E-state index in [0.717, 1.165) is 12.4 Å². The van der Waals surface area contributed by atoms with E-state index in [2.05, 4.69) is 15.5 Å². The highest BCUT2D eigenvalue weighted by molar-refractivity contribution is 5.82. The van der Waals surface area contributed by atoms with Gasteiger partial charge in [0, 0.05) is 6.54 Å². The minimum absolute atomic E-state index is 0.164. The summed E-state index contributed by atoms with van der Waals surface area (Å²) >= 11 is 0. The van der Waals surface area contributed by atoms with Gasteiger partial charge in [-0.15, -0.1) is 10.2 Å². The molecule has 1 aromatic heterocycles. The Bertz CT molecular complexity index is 379. The molecule has 0 fully saturated rings. The topological polar surface area (TPSA) is 85.8 Å². The lowest BCUT2D eigenvalue weighted by atomic mass is 9.87. The zero-order valence-corrected chi connectivity index (χ0v) is 10.9. The normalized spacial score (nSPS) is 13.5. The molecular formula is C11H21N5O. The first kappa shape index (κ1) is 13.6. The van der Waals surface area contributed by atoms with Crippen molar-refractivity contribution in [3.8, 4) is 0 Å². The zero-order valence-electron chi connectivity index (χ0n) is 10.9. The van der Waals surface area contributed by atoms with Crippen LogP contribution < -0.4 is 11.1 Å². The van der Waals surface area contributed by atoms with Crippen LogP contribution in [0.2, 0.25) is 0 Å². The van der Waals surface area contributed by atoms with Crippen LogP contribution in [0.3, 0.4) is 0 Å². The molecular weight excluding hydrogens is 218 g/mol. The molecule has 0 aromatic carbocycles. The molecule has 1 aromatic rings. The maximum Gasteiger partial charge on any atom is 0.237 e. The first-order valence-electron chi connectivity index (χ1n) is 5.76. The van der Waals surface area contributed by atoms with Crippen LogP contribution in [0.4, 0.5) is 0 Å². The van der Waals surface area contributed by atoms with Gasteiger partial charge in [0.2, 0.25) is 5.91 Å². The fourth-order valence-electron chi connectivity index (χ4n) is 1.35. The number of nitrogens with two attached hydrogens (primary N) is 1. The van der Waals surface area contributed by atoms with Gasteiger partial charge in [0.05, 0.1) is 12.6 Å². The van der Waals surface area contributed by atoms with Crippen LogP contribution in [0.15, 0.2) is 6.33 Å². The third-order valence-corrected chi connectivity index (χ3v) is 2.67. The van der Waals surface area contributed by atoms with Crippen LogP contribution in [0.5, 0.6) is 0 Å². The lowest BCUT2D eigenvalue weighted by Gasteiger charge is -2.25. The summed E-state index contributed by atoms with van der Waals surface area (Å²) in [5.41, 5.74) is 5.60. The highest BCUT2D eigenvalue weighted by atomic mass is 16.2. The van der Waals surface area contributed by atoms with E-state index in [-0.39, 0.29) is 11.3 Å². The summed E-state index contributed by atoms with van der Waals surface area (Å²) in [6.45, 7) is 8.94. The van der Waals surface area contributed by atoms with E-state index in [4.69, 9.17) is 5.73 Å². The molecule has 0 saturated carbocycles. The van der Waals surface area contributed by atoms with Crippen LogP contribution >= 0.6 is 0 Å². The van der Waals surface area contributed by atoms with Crippen LogP contribution in [0.25, 0.3) is 0 Å². The van der Waals surface area contributed by atoms with Crippen molar-refractivity contribution in [1.29, 1.82) is 0 Å². The van der Waals surface area contributed by atoms with Crippen molar-refractivity contribution in [3.05, 3.63) is 12.2 Å². The molecule has 1 atom stereocenters. The molecule has 17 heavy (non-hydrogen) atoms. The Kier molecular flexibility index (Phi) is 4.22. The van der Waals surface area contributed by atoms with Gasteiger partial charge in [-0.3, -0.25) is 4.79 Å². The fraction of sp³-hybridized carbons (Fsp3) is 0.727. The Morgan fingerprint density at radius 3 is 2.76 bits per heavy atom. The molecule has 3 N–H and O–H groups in total. The number of amides is 1. The smallest absolute Gasteiger partial charge is 0.237 e. The summed E-state index contributed by atoms with van der Waals surface area (Å²) in [6.07, 6.45) is 1.64. The molecule has 6 heteroatoms. The molecule has 0 aliphatic rings. The van der Waals surface area contributed by atoms with Crippen molar-refractivity contribution >= 4 is 5.91 Å². The molecule has 0 aliphatic carbocycles. The number of rotatable bonds is 4. The van der Waals surface area contributed by atoms with Gasteiger partial charge < -0.3 is 15.6 Å². The van der Waals surface area contributed by atoms with Crippen molar-refractivity contribution in [2.24, 2.45) is 11.1 Å². The minimum atomic E-state index is -0.527. The Hall–Kier alpha value is -1.43. The molecule has 0 saturated heterocycles. The summed E-state index contributed by atoms with van der Waals surface area (Å²) in [7, 11) is 0. The summed E-state index contributed by atoms with van der Waals surface area (Å²) in [5.74, 6) is 0.574. The molecule has 0 radical (unpaired) electrons. The van der Waals surface area contributed by atoms with E-state index in [1.165, 1.54) is 0 Å². The van der Waals surface area contributed by atoms with Crippen molar-refractivity contribution in [1.82, 2.24) is 20.1 Å². The van der Waals surface area contributed by atoms with Gasteiger partial charge in [-0.1, -0.05) is 20.8 Å². The predicted molar refractivity (Wildman–Crippen MR) is 65.0 cm³/mol. The fourth-order valence-corrected chi connectivity index (χ4v) is 1.35. The number of nitrogens with one attached hydrogen (secondary N) is 1. The van der Waals surface area contributed by atoms with Gasteiger partial charge >= 0.3 is 0 Å². The van der Waals surface area contributed by atoms with E-state index in [0.29, 0.717) is 6.54 Å². The molecule has 1 unspecified atom stereocenters. The van der Waals surface area contributed by atoms with Crippen LogP contribution in [-0.4, -0.2) is 26.7 Å². The second-order valence-corrected chi connectivity index (χ2v) is 5.09. The molecule has 1 rings (SSSR count). The Morgan fingerprint density at radius 1 is 1.59 bits per heavy atom. The molecule has 0 bridgehead atoms. The lowest BCUT2D eigenvalue weighted by molar-refractivity contribution is -0.124. The SMILES string of the molecule is CCn1cnnc1CNC(=O)C(N)C(C)(C)C. The monoisotopic (exact) mass is 239 g/mol. The van der Waals surface area contributed by atoms with E-state index in [9.17, 15) is 4.79 Å². The van der Waals surface area contributed by atoms with Crippen molar-refractivity contribution in [3.63, 3.8) is 0 Å². The number of carbonyl (C=O) groups is 1. The number of nitrogens with zero attached hydrogens (tertiary/aromatic N) is 3. The summed E-state index contributed by atoms with van der Waals surface area (Å²) in [4.78, 5) is 11.8. The van der Waals surface area contributed by atoms with Gasteiger partial charge in [-0.2, -0.15) is 0 Å². The molecule has 96 valence electrons. The van der Waals surface area contributed by atoms with Gasteiger partial charge in [0.15, 0.2) is 5.82 Å². The third kappa shape index (κ3) is 3.52. The first-order chi connectivity index (χ1) is 7.86. The maximum absolute atomic E-state index is 11.8. The Morgan fingerprint density at radius 2 is 2.24 bits per heavy atom. The highest BCUT2D eigenvalue weighted by Crippen LogP contribution is 2.17. The van der Waals surface area contributed by atoms with Gasteiger partial charge in [-0.25, -0.2) is 0 Å². The molecule has 1 heterocycles. The number of aromatic nitrogens is 3. The molecule has 1 amide bonds. The van der Waals surface area contributed by atoms with Crippen LogP contribution in [0.1, 0.15) is 33.5 Å². The molecule has 6 nitrogen and oxygen atoms in total. The number of hydrogen-bond acceptors (Lipinski definition) is 4. The quantitative estimate of drug-likeness (QED) is 0.790. The standard InChI is InChI=1S/C11H21N5O/c1-5-16-7-14-15-8(16)6-13-10(17)9(12)11(2,3)4/h7,9H,5-6,12H2,1-4H3,(H,13,17). The first-order valence-corrected chi connectivity index (χ1v) is 5.76. The van der Waals surface area contributed by atoms with Crippen molar-refractivity contribution in [2.45, 2.75) is 46.8 Å². The summed E-state index contributed by atoms with van der Waals surface area (Å²) in [6, 6.07) is -0.527. The predicted octanol–water partition coefficient (Wildman–Crippen LogP) is 0.288. The average Bonchev–Trinajstić information content (AvgIpc) is 2.70.